The van der Waals surface area contributed by atoms with E-state index in [1.165, 1.54) is 16.7 Å². The maximum absolute atomic E-state index is 13.3. The van der Waals surface area contributed by atoms with Gasteiger partial charge in [0.05, 0.1) is 4.47 Å². The van der Waals surface area contributed by atoms with Gasteiger partial charge in [-0.25, -0.2) is 13.8 Å². The van der Waals surface area contributed by atoms with Gasteiger partial charge in [0.25, 0.3) is 0 Å². The van der Waals surface area contributed by atoms with Gasteiger partial charge in [0.2, 0.25) is 5.89 Å². The van der Waals surface area contributed by atoms with Gasteiger partial charge in [-0.15, -0.1) is 0 Å². The molecular weight excluding hydrogens is 451 g/mol. The average Bonchev–Trinajstić information content (AvgIpc) is 3.47. The van der Waals surface area contributed by atoms with Crippen molar-refractivity contribution in [2.75, 3.05) is 5.32 Å². The van der Waals surface area contributed by atoms with Gasteiger partial charge in [0.15, 0.2) is 11.6 Å². The van der Waals surface area contributed by atoms with Gasteiger partial charge in [0, 0.05) is 23.4 Å². The Morgan fingerprint density at radius 2 is 1.77 bits per heavy atom. The minimum atomic E-state index is -0.475. The van der Waals surface area contributed by atoms with Crippen molar-refractivity contribution in [3.8, 4) is 28.6 Å². The van der Waals surface area contributed by atoms with Crippen LogP contribution in [0.3, 0.4) is 0 Å². The molecule has 0 atom stereocenters. The number of benzene rings is 2. The number of rotatable bonds is 5. The Labute approximate surface area is 179 Å². The molecule has 0 amide bonds. The van der Waals surface area contributed by atoms with E-state index < -0.39 is 5.69 Å². The second kappa shape index (κ2) is 7.53. The zero-order valence-electron chi connectivity index (χ0n) is 15.7. The Hall–Kier alpha value is -3.26. The molecule has 30 heavy (non-hydrogen) atoms. The van der Waals surface area contributed by atoms with Crippen LogP contribution in [0.5, 0.6) is 0 Å². The summed E-state index contributed by atoms with van der Waals surface area (Å²) in [6.45, 7) is 0. The molecule has 1 aliphatic rings. The molecule has 1 aliphatic carbocycles. The SMILES string of the molecule is O=c1nc(NC2CC2)c(Br)cn1-c1nc(-c2ccc(F)cc2)oc1-c1ccccc1. The molecule has 4 aromatic rings. The molecular formula is C22H16BrFN4O2. The third-order valence-electron chi connectivity index (χ3n) is 4.76. The Bertz CT molecular complexity index is 1260. The van der Waals surface area contributed by atoms with E-state index in [0.29, 0.717) is 33.5 Å². The quantitative estimate of drug-likeness (QED) is 0.446. The normalized spacial score (nSPS) is 13.4. The summed E-state index contributed by atoms with van der Waals surface area (Å²) in [5.74, 6) is 1.19. The van der Waals surface area contributed by atoms with E-state index in [4.69, 9.17) is 4.42 Å². The number of hydrogen-bond donors (Lipinski definition) is 1. The lowest BCUT2D eigenvalue weighted by atomic mass is 10.2. The predicted octanol–water partition coefficient (Wildman–Crippen LogP) is 5.03. The number of aromatic nitrogens is 3. The minimum Gasteiger partial charge on any atom is -0.434 e. The fourth-order valence-corrected chi connectivity index (χ4v) is 3.48. The van der Waals surface area contributed by atoms with Crippen LogP contribution in [0, 0.1) is 5.82 Å². The van der Waals surface area contributed by atoms with Gasteiger partial charge in [-0.1, -0.05) is 30.3 Å². The molecule has 2 heterocycles. The second-order valence-corrected chi connectivity index (χ2v) is 7.91. The molecule has 0 saturated heterocycles. The molecule has 8 heteroatoms. The summed E-state index contributed by atoms with van der Waals surface area (Å²) in [7, 11) is 0. The van der Waals surface area contributed by atoms with Gasteiger partial charge < -0.3 is 9.73 Å². The lowest BCUT2D eigenvalue weighted by molar-refractivity contribution is 0.587. The van der Waals surface area contributed by atoms with Crippen LogP contribution < -0.4 is 11.0 Å². The molecule has 0 unspecified atom stereocenters. The van der Waals surface area contributed by atoms with E-state index in [-0.39, 0.29) is 11.7 Å². The average molecular weight is 467 g/mol. The standard InChI is InChI=1S/C22H16BrFN4O2/c23-17-12-28(22(29)26-19(17)25-16-10-11-16)20-18(13-4-2-1-3-5-13)30-21(27-20)14-6-8-15(24)9-7-14/h1-9,12,16H,10-11H2,(H,25,26,29). The van der Waals surface area contributed by atoms with Crippen molar-refractivity contribution in [1.29, 1.82) is 0 Å². The summed E-state index contributed by atoms with van der Waals surface area (Å²) in [4.78, 5) is 21.6. The van der Waals surface area contributed by atoms with Crippen LogP contribution in [0.25, 0.3) is 28.6 Å². The molecule has 1 fully saturated rings. The van der Waals surface area contributed by atoms with Crippen LogP contribution in [0.1, 0.15) is 12.8 Å². The van der Waals surface area contributed by atoms with Gasteiger partial charge in [-0.3, -0.25) is 0 Å². The molecule has 0 aliphatic heterocycles. The van der Waals surface area contributed by atoms with E-state index in [1.54, 1.807) is 18.3 Å². The van der Waals surface area contributed by atoms with E-state index >= 15 is 0 Å². The second-order valence-electron chi connectivity index (χ2n) is 7.05. The van der Waals surface area contributed by atoms with Crippen LogP contribution in [-0.2, 0) is 0 Å². The summed E-state index contributed by atoms with van der Waals surface area (Å²) >= 11 is 3.49. The molecule has 0 bridgehead atoms. The van der Waals surface area contributed by atoms with Gasteiger partial charge in [0.1, 0.15) is 11.6 Å². The summed E-state index contributed by atoms with van der Waals surface area (Å²) in [5.41, 5.74) is 0.890. The largest absolute Gasteiger partial charge is 0.434 e. The van der Waals surface area contributed by atoms with Crippen LogP contribution in [0.2, 0.25) is 0 Å². The monoisotopic (exact) mass is 466 g/mol. The Kier molecular flexibility index (Phi) is 4.71. The zero-order chi connectivity index (χ0) is 20.7. The van der Waals surface area contributed by atoms with E-state index in [9.17, 15) is 9.18 Å². The van der Waals surface area contributed by atoms with E-state index in [1.807, 2.05) is 30.3 Å². The lowest BCUT2D eigenvalue weighted by Crippen LogP contribution is -2.23. The number of anilines is 1. The lowest BCUT2D eigenvalue weighted by Gasteiger charge is -2.09. The van der Waals surface area contributed by atoms with Crippen LogP contribution >= 0.6 is 15.9 Å². The smallest absolute Gasteiger partial charge is 0.355 e. The maximum Gasteiger partial charge on any atom is 0.355 e. The summed E-state index contributed by atoms with van der Waals surface area (Å²) in [5, 5.41) is 3.24. The van der Waals surface area contributed by atoms with Crippen molar-refractivity contribution in [3.63, 3.8) is 0 Å². The first-order valence-electron chi connectivity index (χ1n) is 9.47. The predicted molar refractivity (Wildman–Crippen MR) is 115 cm³/mol. The number of oxazole rings is 1. The van der Waals surface area contributed by atoms with Gasteiger partial charge >= 0.3 is 5.69 Å². The summed E-state index contributed by atoms with van der Waals surface area (Å²) in [6, 6.07) is 15.6. The molecule has 1 N–H and O–H groups in total. The van der Waals surface area contributed by atoms with Crippen LogP contribution in [-0.4, -0.2) is 20.6 Å². The molecule has 2 aromatic carbocycles. The summed E-state index contributed by atoms with van der Waals surface area (Å²) < 4.78 is 21.4. The number of halogens is 2. The molecule has 1 saturated carbocycles. The van der Waals surface area contributed by atoms with E-state index in [0.717, 1.165) is 18.4 Å². The molecule has 0 spiro atoms. The van der Waals surface area contributed by atoms with E-state index in [2.05, 4.69) is 31.2 Å². The van der Waals surface area contributed by atoms with Crippen molar-refractivity contribution in [1.82, 2.24) is 14.5 Å². The Morgan fingerprint density at radius 3 is 2.47 bits per heavy atom. The van der Waals surface area contributed by atoms with Crippen molar-refractivity contribution in [3.05, 3.63) is 81.6 Å². The highest BCUT2D eigenvalue weighted by Gasteiger charge is 2.24. The van der Waals surface area contributed by atoms with Crippen LogP contribution in [0.4, 0.5) is 10.2 Å². The Balaban J connectivity index is 1.66. The highest BCUT2D eigenvalue weighted by Crippen LogP contribution is 2.33. The Morgan fingerprint density at radius 1 is 1.03 bits per heavy atom. The molecule has 6 nitrogen and oxygen atoms in total. The first kappa shape index (κ1) is 18.7. The zero-order valence-corrected chi connectivity index (χ0v) is 17.3. The highest BCUT2D eigenvalue weighted by molar-refractivity contribution is 9.10. The van der Waals surface area contributed by atoms with Crippen molar-refractivity contribution >= 4 is 21.7 Å². The van der Waals surface area contributed by atoms with Crippen molar-refractivity contribution in [2.45, 2.75) is 18.9 Å². The number of hydrogen-bond acceptors (Lipinski definition) is 5. The highest BCUT2D eigenvalue weighted by atomic mass is 79.9. The number of nitrogens with zero attached hydrogens (tertiary/aromatic N) is 3. The van der Waals surface area contributed by atoms with Crippen molar-refractivity contribution < 1.29 is 8.81 Å². The van der Waals surface area contributed by atoms with Crippen molar-refractivity contribution in [2.24, 2.45) is 0 Å². The fraction of sp³-hybridized carbons (Fsp3) is 0.136. The third kappa shape index (κ3) is 3.66. The molecule has 150 valence electrons. The molecule has 0 radical (unpaired) electrons. The maximum atomic E-state index is 13.3. The van der Waals surface area contributed by atoms with Gasteiger partial charge in [-0.2, -0.15) is 9.97 Å². The topological polar surface area (TPSA) is 73.0 Å². The third-order valence-corrected chi connectivity index (χ3v) is 5.35. The molecule has 5 rings (SSSR count). The first-order chi connectivity index (χ1) is 14.6. The first-order valence-corrected chi connectivity index (χ1v) is 10.3. The summed E-state index contributed by atoms with van der Waals surface area (Å²) in [6.07, 6.45) is 3.78. The number of nitrogens with one attached hydrogen (secondary N) is 1. The van der Waals surface area contributed by atoms with Crippen LogP contribution in [0.15, 0.2) is 74.5 Å². The fourth-order valence-electron chi connectivity index (χ4n) is 3.08. The van der Waals surface area contributed by atoms with Gasteiger partial charge in [-0.05, 0) is 53.0 Å². The molecule has 2 aromatic heterocycles. The minimum absolute atomic E-state index is 0.284.